The monoisotopic (exact) mass is 476 g/mol. The zero-order valence-corrected chi connectivity index (χ0v) is 20.1. The van der Waals surface area contributed by atoms with Crippen molar-refractivity contribution in [2.24, 2.45) is 88.8 Å². The molecular formula is C28H35F3O3. The lowest BCUT2D eigenvalue weighted by atomic mass is 9.54. The van der Waals surface area contributed by atoms with Crippen molar-refractivity contribution in [2.75, 3.05) is 0 Å². The number of halogens is 3. The van der Waals surface area contributed by atoms with Crippen molar-refractivity contribution >= 4 is 6.16 Å². The summed E-state index contributed by atoms with van der Waals surface area (Å²) in [6.07, 6.45) is 2.97. The molecule has 6 heteroatoms. The molecule has 0 aliphatic heterocycles. The summed E-state index contributed by atoms with van der Waals surface area (Å²) < 4.78 is 54.1. The molecule has 8 aliphatic rings. The number of carbonyl (C=O) groups is 1. The van der Waals surface area contributed by atoms with E-state index >= 15 is 0 Å². The highest BCUT2D eigenvalue weighted by molar-refractivity contribution is 5.61. The van der Waals surface area contributed by atoms with Crippen LogP contribution in [0.3, 0.4) is 0 Å². The van der Waals surface area contributed by atoms with E-state index in [9.17, 15) is 18.0 Å². The molecule has 16 unspecified atom stereocenters. The first-order valence-corrected chi connectivity index (χ1v) is 13.7. The predicted molar refractivity (Wildman–Crippen MR) is 117 cm³/mol. The Balaban J connectivity index is 1.11. The van der Waals surface area contributed by atoms with E-state index in [2.05, 4.69) is 12.2 Å². The van der Waals surface area contributed by atoms with Crippen molar-refractivity contribution in [3.8, 4) is 0 Å². The maximum absolute atomic E-state index is 14.4. The maximum atomic E-state index is 14.4. The summed E-state index contributed by atoms with van der Waals surface area (Å²) in [5, 5.41) is 0. The maximum Gasteiger partial charge on any atom is 0.509 e. The standard InChI is InChI=1S/C28H35F3O3/c1-27(2,3)34-26(32)33-25-17-9-16(24(25)28(29,30)31)22-14-8-15(23(17)22)21-13-7-12(20(14)21)18-10-4-5-11(6-10)19(13)18/h4-5,10-25H,6-9H2,1-3H3. The van der Waals surface area contributed by atoms with Crippen LogP contribution in [-0.2, 0) is 9.47 Å². The van der Waals surface area contributed by atoms with E-state index in [0.29, 0.717) is 30.1 Å². The fourth-order valence-electron chi connectivity index (χ4n) is 12.4. The fraction of sp³-hybridized carbons (Fsp3) is 0.893. The molecule has 8 aliphatic carbocycles. The first kappa shape index (κ1) is 20.9. The van der Waals surface area contributed by atoms with Gasteiger partial charge in [-0.2, -0.15) is 13.2 Å². The Morgan fingerprint density at radius 2 is 1.18 bits per heavy atom. The second-order valence-corrected chi connectivity index (χ2v) is 14.2. The van der Waals surface area contributed by atoms with Crippen molar-refractivity contribution < 1.29 is 27.4 Å². The lowest BCUT2D eigenvalue weighted by molar-refractivity contribution is -0.230. The summed E-state index contributed by atoms with van der Waals surface area (Å²) in [6.45, 7) is 5.15. The molecule has 8 rings (SSSR count). The highest BCUT2D eigenvalue weighted by atomic mass is 19.4. The molecule has 7 saturated carbocycles. The molecule has 0 aromatic rings. The normalized spacial score (nSPS) is 59.0. The Morgan fingerprint density at radius 1 is 0.706 bits per heavy atom. The van der Waals surface area contributed by atoms with Gasteiger partial charge in [-0.15, -0.1) is 0 Å². The lowest BCUT2D eigenvalue weighted by Gasteiger charge is -2.51. The first-order chi connectivity index (χ1) is 16.0. The van der Waals surface area contributed by atoms with Crippen molar-refractivity contribution in [1.82, 2.24) is 0 Å². The van der Waals surface area contributed by atoms with Crippen LogP contribution >= 0.6 is 0 Å². The average Bonchev–Trinajstić information content (AvgIpc) is 3.56. The molecule has 34 heavy (non-hydrogen) atoms. The van der Waals surface area contributed by atoms with E-state index in [0.717, 1.165) is 47.8 Å². The largest absolute Gasteiger partial charge is 0.509 e. The summed E-state index contributed by atoms with van der Waals surface area (Å²) in [5.41, 5.74) is -0.778. The van der Waals surface area contributed by atoms with Crippen molar-refractivity contribution in [3.05, 3.63) is 12.2 Å². The van der Waals surface area contributed by atoms with Crippen molar-refractivity contribution in [2.45, 2.75) is 64.3 Å². The molecule has 0 spiro atoms. The zero-order valence-electron chi connectivity index (χ0n) is 20.1. The Bertz CT molecular complexity index is 967. The summed E-state index contributed by atoms with van der Waals surface area (Å²) in [7, 11) is 0. The van der Waals surface area contributed by atoms with Gasteiger partial charge in [0.25, 0.3) is 0 Å². The van der Waals surface area contributed by atoms with Crippen LogP contribution in [0.25, 0.3) is 0 Å². The average molecular weight is 477 g/mol. The van der Waals surface area contributed by atoms with Gasteiger partial charge in [-0.1, -0.05) is 12.2 Å². The minimum absolute atomic E-state index is 0.153. The van der Waals surface area contributed by atoms with Crippen LogP contribution in [0.4, 0.5) is 18.0 Å². The van der Waals surface area contributed by atoms with Crippen LogP contribution in [0.1, 0.15) is 46.5 Å². The number of hydrogen-bond acceptors (Lipinski definition) is 3. The van der Waals surface area contributed by atoms with Gasteiger partial charge in [0.1, 0.15) is 11.7 Å². The van der Waals surface area contributed by atoms with Crippen LogP contribution in [0, 0.1) is 88.8 Å². The molecule has 0 saturated heterocycles. The van der Waals surface area contributed by atoms with Crippen molar-refractivity contribution in [3.63, 3.8) is 0 Å². The Kier molecular flexibility index (Phi) is 3.81. The number of ether oxygens (including phenoxy) is 2. The van der Waals surface area contributed by atoms with Gasteiger partial charge in [0.2, 0.25) is 0 Å². The number of hydrogen-bond donors (Lipinski definition) is 0. The number of carbonyl (C=O) groups excluding carboxylic acids is 1. The van der Waals surface area contributed by atoms with Crippen LogP contribution in [0.15, 0.2) is 12.2 Å². The lowest BCUT2D eigenvalue weighted by Crippen LogP contribution is -2.53. The highest BCUT2D eigenvalue weighted by Crippen LogP contribution is 2.81. The number of alkyl halides is 3. The highest BCUT2D eigenvalue weighted by Gasteiger charge is 2.79. The molecule has 0 heterocycles. The van der Waals surface area contributed by atoms with Gasteiger partial charge in [-0.3, -0.25) is 0 Å². The first-order valence-electron chi connectivity index (χ1n) is 13.7. The molecule has 16 atom stereocenters. The third-order valence-corrected chi connectivity index (χ3v) is 12.3. The third kappa shape index (κ3) is 2.40. The van der Waals surface area contributed by atoms with Crippen LogP contribution in [-0.4, -0.2) is 24.0 Å². The van der Waals surface area contributed by atoms with Crippen LogP contribution in [0.5, 0.6) is 0 Å². The topological polar surface area (TPSA) is 35.5 Å². The molecule has 0 N–H and O–H groups in total. The predicted octanol–water partition coefficient (Wildman–Crippen LogP) is 6.34. The smallest absolute Gasteiger partial charge is 0.430 e. The molecule has 0 aromatic carbocycles. The minimum atomic E-state index is -4.34. The number of fused-ring (bicyclic) bond motifs is 23. The van der Waals surface area contributed by atoms with E-state index < -0.39 is 30.0 Å². The minimum Gasteiger partial charge on any atom is -0.430 e. The fourth-order valence-corrected chi connectivity index (χ4v) is 12.4. The molecule has 8 bridgehead atoms. The molecule has 0 amide bonds. The van der Waals surface area contributed by atoms with Gasteiger partial charge in [-0.05, 0) is 123 Å². The zero-order chi connectivity index (χ0) is 23.5. The second-order valence-electron chi connectivity index (χ2n) is 14.2. The summed E-state index contributed by atoms with van der Waals surface area (Å²) in [5.74, 6) is 5.57. The van der Waals surface area contributed by atoms with Gasteiger partial charge >= 0.3 is 12.3 Å². The molecular weight excluding hydrogens is 441 g/mol. The van der Waals surface area contributed by atoms with Gasteiger partial charge < -0.3 is 9.47 Å². The SMILES string of the molecule is CC(C)(C)OC(=O)OC1C2CC(C3C4CC(C23)C2C3CC(C5C6C=CC(C6)C35)C42)C1C(F)(F)F. The van der Waals surface area contributed by atoms with E-state index in [-0.39, 0.29) is 17.8 Å². The quantitative estimate of drug-likeness (QED) is 0.252. The molecule has 7 fully saturated rings. The molecule has 186 valence electrons. The van der Waals surface area contributed by atoms with E-state index in [1.165, 1.54) is 12.8 Å². The van der Waals surface area contributed by atoms with Crippen LogP contribution in [0.2, 0.25) is 0 Å². The van der Waals surface area contributed by atoms with Gasteiger partial charge in [0, 0.05) is 5.92 Å². The van der Waals surface area contributed by atoms with Gasteiger partial charge in [0.15, 0.2) is 0 Å². The van der Waals surface area contributed by atoms with E-state index in [1.807, 2.05) is 0 Å². The van der Waals surface area contributed by atoms with E-state index in [1.54, 1.807) is 20.8 Å². The Hall–Kier alpha value is -1.20. The molecule has 0 radical (unpaired) electrons. The Morgan fingerprint density at radius 3 is 1.71 bits per heavy atom. The van der Waals surface area contributed by atoms with Gasteiger partial charge in [0.05, 0.1) is 5.92 Å². The molecule has 0 aromatic heterocycles. The summed E-state index contributed by atoms with van der Waals surface area (Å²) in [4.78, 5) is 12.5. The summed E-state index contributed by atoms with van der Waals surface area (Å²) in [6, 6.07) is 0. The summed E-state index contributed by atoms with van der Waals surface area (Å²) >= 11 is 0. The second kappa shape index (κ2) is 6.19. The molecule has 3 nitrogen and oxygen atoms in total. The number of rotatable bonds is 1. The Labute approximate surface area is 199 Å². The van der Waals surface area contributed by atoms with Crippen LogP contribution < -0.4 is 0 Å². The van der Waals surface area contributed by atoms with Crippen molar-refractivity contribution in [1.29, 1.82) is 0 Å². The third-order valence-electron chi connectivity index (χ3n) is 12.3. The van der Waals surface area contributed by atoms with Gasteiger partial charge in [-0.25, -0.2) is 4.79 Å². The number of allylic oxidation sites excluding steroid dienone is 2. The van der Waals surface area contributed by atoms with E-state index in [4.69, 9.17) is 9.47 Å².